The normalized spacial score (nSPS) is 14.6. The second-order valence-corrected chi connectivity index (χ2v) is 7.17. The van der Waals surface area contributed by atoms with Crippen LogP contribution in [0.2, 0.25) is 0 Å². The van der Waals surface area contributed by atoms with Crippen LogP contribution in [0.25, 0.3) is 16.7 Å². The van der Waals surface area contributed by atoms with Crippen LogP contribution < -0.4 is 4.57 Å². The Bertz CT molecular complexity index is 1140. The summed E-state index contributed by atoms with van der Waals surface area (Å²) in [5, 5.41) is 19.0. The summed E-state index contributed by atoms with van der Waals surface area (Å²) in [5.41, 5.74) is -3.30. The van der Waals surface area contributed by atoms with Crippen molar-refractivity contribution in [3.8, 4) is 6.07 Å². The molecular formula is C23H17F4N3O. The third-order valence-corrected chi connectivity index (χ3v) is 5.23. The molecule has 0 N–H and O–H groups in total. The van der Waals surface area contributed by atoms with Crippen molar-refractivity contribution >= 4 is 22.9 Å². The van der Waals surface area contributed by atoms with Crippen LogP contribution in [0, 0.1) is 40.5 Å². The Morgan fingerprint density at radius 2 is 1.55 bits per heavy atom. The minimum absolute atomic E-state index is 0.148. The van der Waals surface area contributed by atoms with Crippen LogP contribution in [0.15, 0.2) is 36.7 Å². The fraction of sp³-hybridized carbons (Fsp3) is 0.261. The lowest BCUT2D eigenvalue weighted by Gasteiger charge is -2.19. The molecule has 0 atom stereocenters. The fourth-order valence-electron chi connectivity index (χ4n) is 3.70. The van der Waals surface area contributed by atoms with Gasteiger partial charge >= 0.3 is 0 Å². The quantitative estimate of drug-likeness (QED) is 0.0987. The molecule has 4 nitrogen and oxygen atoms in total. The predicted octanol–water partition coefficient (Wildman–Crippen LogP) is 4.98. The zero-order valence-corrected chi connectivity index (χ0v) is 16.3. The van der Waals surface area contributed by atoms with E-state index in [9.17, 15) is 33.0 Å². The Morgan fingerprint density at radius 3 is 2.10 bits per heavy atom. The van der Waals surface area contributed by atoms with Gasteiger partial charge in [0.1, 0.15) is 0 Å². The Labute approximate surface area is 176 Å². The Hall–Kier alpha value is -3.56. The Kier molecular flexibility index (Phi) is 6.78. The molecule has 0 amide bonds. The van der Waals surface area contributed by atoms with E-state index in [-0.39, 0.29) is 5.92 Å². The van der Waals surface area contributed by atoms with Crippen LogP contribution in [0.4, 0.5) is 17.6 Å². The third kappa shape index (κ3) is 4.32. The molecule has 1 saturated carbocycles. The highest BCUT2D eigenvalue weighted by Gasteiger charge is 2.35. The second-order valence-electron chi connectivity index (χ2n) is 7.17. The molecule has 0 radical (unpaired) electrons. The summed E-state index contributed by atoms with van der Waals surface area (Å²) in [5.74, 6) is -8.04. The van der Waals surface area contributed by atoms with Gasteiger partial charge in [-0.25, -0.2) is 17.6 Å². The van der Waals surface area contributed by atoms with Crippen LogP contribution in [-0.2, 0) is 0 Å². The number of ketones is 1. The molecule has 0 unspecified atom stereocenters. The van der Waals surface area contributed by atoms with Crippen molar-refractivity contribution in [1.29, 1.82) is 5.26 Å². The lowest BCUT2D eigenvalue weighted by atomic mass is 9.85. The highest BCUT2D eigenvalue weighted by molar-refractivity contribution is 6.29. The van der Waals surface area contributed by atoms with Gasteiger partial charge in [-0.3, -0.25) is 4.79 Å². The van der Waals surface area contributed by atoms with E-state index in [2.05, 4.69) is 0 Å². The maximum Gasteiger partial charge on any atom is 0.279 e. The van der Waals surface area contributed by atoms with Gasteiger partial charge in [-0.05, 0) is 18.8 Å². The van der Waals surface area contributed by atoms with Gasteiger partial charge in [0.25, 0.3) is 11.5 Å². The molecule has 0 aliphatic heterocycles. The van der Waals surface area contributed by atoms with E-state index in [1.807, 2.05) is 0 Å². The molecule has 3 rings (SSSR count). The molecule has 31 heavy (non-hydrogen) atoms. The number of hydrogen-bond donors (Lipinski definition) is 0. The van der Waals surface area contributed by atoms with Crippen molar-refractivity contribution in [3.05, 3.63) is 76.5 Å². The van der Waals surface area contributed by atoms with Crippen molar-refractivity contribution in [3.63, 3.8) is 0 Å². The summed E-state index contributed by atoms with van der Waals surface area (Å²) in [6.07, 6.45) is 8.12. The number of pyridine rings is 1. The lowest BCUT2D eigenvalue weighted by Crippen LogP contribution is -2.36. The lowest BCUT2D eigenvalue weighted by molar-refractivity contribution is -0.575. The van der Waals surface area contributed by atoms with E-state index in [1.54, 1.807) is 18.0 Å². The number of carbonyl (C=O) groups excluding carboxylic acids is 1. The summed E-state index contributed by atoms with van der Waals surface area (Å²) in [4.78, 5) is 13.0. The van der Waals surface area contributed by atoms with Crippen LogP contribution in [-0.4, -0.2) is 11.7 Å². The van der Waals surface area contributed by atoms with Gasteiger partial charge < -0.3 is 5.41 Å². The molecule has 1 aliphatic carbocycles. The van der Waals surface area contributed by atoms with Gasteiger partial charge in [-0.1, -0.05) is 31.4 Å². The van der Waals surface area contributed by atoms with Gasteiger partial charge in [0.05, 0.1) is 17.2 Å². The average Bonchev–Trinajstić information content (AvgIpc) is 2.80. The topological polar surface area (TPSA) is 67.0 Å². The predicted molar refractivity (Wildman–Crippen MR) is 105 cm³/mol. The van der Waals surface area contributed by atoms with Gasteiger partial charge in [0.2, 0.25) is 0 Å². The number of nitriles is 1. The summed E-state index contributed by atoms with van der Waals surface area (Å²) in [7, 11) is 0. The fourth-order valence-corrected chi connectivity index (χ4v) is 3.70. The van der Waals surface area contributed by atoms with Crippen LogP contribution in [0.1, 0.15) is 48.0 Å². The molecule has 158 valence electrons. The largest absolute Gasteiger partial charge is 0.758 e. The van der Waals surface area contributed by atoms with Crippen molar-refractivity contribution < 1.29 is 26.9 Å². The standard InChI is InChI=1S/C23H17F4N3O/c24-19-17(15(12-28)11-14-7-3-1-4-8-14)18(20(25)22(27)21(19)26)23(31)16(13-29)30-9-5-2-6-10-30/h2,5-6,9-11,14H,1,3-4,7-8H2/b15-11+. The van der Waals surface area contributed by atoms with Crippen LogP contribution in [0.5, 0.6) is 0 Å². The zero-order valence-electron chi connectivity index (χ0n) is 16.3. The maximum atomic E-state index is 14.8. The van der Waals surface area contributed by atoms with E-state index in [0.29, 0.717) is 12.8 Å². The summed E-state index contributed by atoms with van der Waals surface area (Å²) < 4.78 is 58.7. The van der Waals surface area contributed by atoms with E-state index >= 15 is 0 Å². The van der Waals surface area contributed by atoms with E-state index in [0.717, 1.165) is 23.8 Å². The Balaban J connectivity index is 2.25. The number of allylic oxidation sites excluding steroid dienone is 3. The second kappa shape index (κ2) is 9.50. The van der Waals surface area contributed by atoms with Crippen LogP contribution in [0.3, 0.4) is 0 Å². The zero-order chi connectivity index (χ0) is 22.5. The number of halogens is 4. The van der Waals surface area contributed by atoms with E-state index in [1.165, 1.54) is 30.6 Å². The first kappa shape index (κ1) is 22.1. The molecular weight excluding hydrogens is 410 g/mol. The molecule has 1 aromatic carbocycles. The average molecular weight is 427 g/mol. The molecule has 1 fully saturated rings. The number of hydrogen-bond acceptors (Lipinski definition) is 2. The number of Topliss-reactive ketones (excluding diaryl/α,β-unsaturated/α-hetero) is 1. The highest BCUT2D eigenvalue weighted by atomic mass is 19.2. The van der Waals surface area contributed by atoms with Crippen molar-refractivity contribution in [2.75, 3.05) is 0 Å². The molecule has 0 saturated heterocycles. The third-order valence-electron chi connectivity index (χ3n) is 5.23. The van der Waals surface area contributed by atoms with Crippen LogP contribution >= 0.6 is 0 Å². The highest BCUT2D eigenvalue weighted by Crippen LogP contribution is 2.34. The van der Waals surface area contributed by atoms with E-state index < -0.39 is 51.4 Å². The number of nitrogens with zero attached hydrogens (tertiary/aromatic N) is 3. The Morgan fingerprint density at radius 1 is 0.968 bits per heavy atom. The van der Waals surface area contributed by atoms with E-state index in [4.69, 9.17) is 0 Å². The maximum absolute atomic E-state index is 14.8. The number of carbonyl (C=O) groups is 1. The number of rotatable bonds is 5. The molecule has 2 aromatic rings. The smallest absolute Gasteiger partial charge is 0.279 e. The first-order valence-corrected chi connectivity index (χ1v) is 9.67. The number of aromatic nitrogens is 1. The van der Waals surface area contributed by atoms with Gasteiger partial charge in [0, 0.05) is 17.7 Å². The minimum Gasteiger partial charge on any atom is -0.758 e. The molecule has 1 heterocycles. The molecule has 0 spiro atoms. The molecule has 1 aliphatic rings. The van der Waals surface area contributed by atoms with Gasteiger partial charge in [-0.2, -0.15) is 15.7 Å². The van der Waals surface area contributed by atoms with Crippen molar-refractivity contribution in [1.82, 2.24) is 0 Å². The van der Waals surface area contributed by atoms with Crippen molar-refractivity contribution in [2.45, 2.75) is 32.1 Å². The SMILES string of the molecule is N#C/C(=C\C1CCCCC1)c1c(F)c(F)c(F)c(F)c1C(=O)C(=C=[N-])[n+]1ccccc1. The summed E-state index contributed by atoms with van der Waals surface area (Å²) >= 11 is 0. The molecule has 0 bridgehead atoms. The first-order chi connectivity index (χ1) is 14.9. The van der Waals surface area contributed by atoms with Gasteiger partial charge in [0.15, 0.2) is 35.7 Å². The van der Waals surface area contributed by atoms with Gasteiger partial charge in [-0.15, -0.1) is 0 Å². The van der Waals surface area contributed by atoms with Crippen molar-refractivity contribution in [2.24, 2.45) is 5.92 Å². The minimum atomic E-state index is -2.19. The molecule has 1 aromatic heterocycles. The summed E-state index contributed by atoms with van der Waals surface area (Å²) in [6.45, 7) is 0. The number of benzene rings is 1. The summed E-state index contributed by atoms with van der Waals surface area (Å²) in [6, 6.07) is 6.25. The first-order valence-electron chi connectivity index (χ1n) is 9.67. The monoisotopic (exact) mass is 427 g/mol. The molecule has 8 heteroatoms.